The third-order valence-electron chi connectivity index (χ3n) is 3.73. The molecule has 19 heavy (non-hydrogen) atoms. The minimum absolute atomic E-state index is 0.0255. The largest absolute Gasteiger partial charge is 0.385 e. The van der Waals surface area contributed by atoms with Crippen LogP contribution in [0.4, 0.5) is 0 Å². The molecule has 0 aliphatic heterocycles. The van der Waals surface area contributed by atoms with Crippen LogP contribution < -0.4 is 11.2 Å². The fourth-order valence-electron chi connectivity index (χ4n) is 2.22. The molecule has 0 bridgehead atoms. The molecule has 1 aromatic heterocycles. The lowest BCUT2D eigenvalue weighted by Gasteiger charge is -2.15. The van der Waals surface area contributed by atoms with E-state index in [-0.39, 0.29) is 16.8 Å². The summed E-state index contributed by atoms with van der Waals surface area (Å²) in [6, 6.07) is 0. The zero-order valence-corrected chi connectivity index (χ0v) is 11.2. The summed E-state index contributed by atoms with van der Waals surface area (Å²) < 4.78 is 6.19. The Hall–Kier alpha value is -1.69. The molecule has 0 aromatic carbocycles. The first-order valence-corrected chi connectivity index (χ1v) is 6.31. The van der Waals surface area contributed by atoms with Gasteiger partial charge < -0.3 is 9.72 Å². The van der Waals surface area contributed by atoms with Gasteiger partial charge in [0.1, 0.15) is 0 Å². The molecule has 1 fully saturated rings. The zero-order chi connectivity index (χ0) is 14.0. The Morgan fingerprint density at radius 3 is 2.68 bits per heavy atom. The van der Waals surface area contributed by atoms with Gasteiger partial charge in [0.25, 0.3) is 5.56 Å². The third kappa shape index (κ3) is 2.84. The smallest absolute Gasteiger partial charge is 0.328 e. The van der Waals surface area contributed by atoms with E-state index in [9.17, 15) is 14.4 Å². The molecule has 0 saturated heterocycles. The molecule has 1 saturated carbocycles. The quantitative estimate of drug-likeness (QED) is 0.763. The van der Waals surface area contributed by atoms with E-state index in [1.54, 1.807) is 7.11 Å². The van der Waals surface area contributed by atoms with E-state index in [4.69, 9.17) is 4.74 Å². The van der Waals surface area contributed by atoms with Gasteiger partial charge in [-0.2, -0.15) is 0 Å². The van der Waals surface area contributed by atoms with Crippen molar-refractivity contribution in [3.05, 3.63) is 32.6 Å². The van der Waals surface area contributed by atoms with E-state index in [0.29, 0.717) is 13.2 Å². The Labute approximate surface area is 110 Å². The average molecular weight is 266 g/mol. The number of H-pyrrole nitrogens is 1. The maximum atomic E-state index is 12.1. The summed E-state index contributed by atoms with van der Waals surface area (Å²) in [6.45, 7) is 2.28. The van der Waals surface area contributed by atoms with Crippen molar-refractivity contribution < 1.29 is 9.53 Å². The van der Waals surface area contributed by atoms with Crippen LogP contribution >= 0.6 is 0 Å². The van der Waals surface area contributed by atoms with Gasteiger partial charge in [-0.1, -0.05) is 0 Å². The van der Waals surface area contributed by atoms with Crippen molar-refractivity contribution in [2.24, 2.45) is 5.41 Å². The second-order valence-electron chi connectivity index (χ2n) is 5.20. The summed E-state index contributed by atoms with van der Waals surface area (Å²) in [5.74, 6) is -0.336. The van der Waals surface area contributed by atoms with Crippen molar-refractivity contribution in [3.63, 3.8) is 0 Å². The number of hydrogen-bond donors (Lipinski definition) is 1. The van der Waals surface area contributed by atoms with Gasteiger partial charge in [0.05, 0.1) is 5.56 Å². The van der Waals surface area contributed by atoms with E-state index in [1.807, 2.05) is 0 Å². The normalized spacial score (nSPS) is 16.3. The van der Waals surface area contributed by atoms with Crippen molar-refractivity contribution in [2.75, 3.05) is 13.7 Å². The summed E-state index contributed by atoms with van der Waals surface area (Å²) in [6.07, 6.45) is 3.97. The number of nitrogens with one attached hydrogen (secondary N) is 1. The van der Waals surface area contributed by atoms with Crippen LogP contribution in [0.15, 0.2) is 15.8 Å². The molecule has 1 aliphatic carbocycles. The van der Waals surface area contributed by atoms with E-state index in [2.05, 4.69) is 4.98 Å². The highest BCUT2D eigenvalue weighted by Gasteiger charge is 2.43. The highest BCUT2D eigenvalue weighted by atomic mass is 16.5. The molecule has 6 nitrogen and oxygen atoms in total. The highest BCUT2D eigenvalue weighted by Crippen LogP contribution is 2.49. The Kier molecular flexibility index (Phi) is 3.71. The molecule has 0 amide bonds. The number of ether oxygens (including phenoxy) is 1. The first-order valence-electron chi connectivity index (χ1n) is 6.31. The molecule has 2 rings (SSSR count). The summed E-state index contributed by atoms with van der Waals surface area (Å²) in [4.78, 5) is 37.6. The van der Waals surface area contributed by atoms with Crippen LogP contribution in [0.25, 0.3) is 0 Å². The summed E-state index contributed by atoms with van der Waals surface area (Å²) >= 11 is 0. The first-order chi connectivity index (χ1) is 8.99. The van der Waals surface area contributed by atoms with Gasteiger partial charge in [0.2, 0.25) is 0 Å². The second-order valence-corrected chi connectivity index (χ2v) is 5.20. The monoisotopic (exact) mass is 266 g/mol. The number of aromatic nitrogens is 2. The summed E-state index contributed by atoms with van der Waals surface area (Å²) in [5.41, 5.74) is -0.955. The average Bonchev–Trinajstić information content (AvgIpc) is 3.12. The molecule has 104 valence electrons. The van der Waals surface area contributed by atoms with E-state index >= 15 is 0 Å². The van der Waals surface area contributed by atoms with Gasteiger partial charge in [-0.05, 0) is 31.6 Å². The molecule has 0 unspecified atom stereocenters. The van der Waals surface area contributed by atoms with Gasteiger partial charge in [0, 0.05) is 26.5 Å². The van der Waals surface area contributed by atoms with Crippen molar-refractivity contribution >= 4 is 5.78 Å². The number of hydrogen-bond acceptors (Lipinski definition) is 4. The summed E-state index contributed by atoms with van der Waals surface area (Å²) in [5, 5.41) is 0. The number of aromatic amines is 1. The number of nitrogens with zero attached hydrogens (tertiary/aromatic N) is 1. The van der Waals surface area contributed by atoms with Gasteiger partial charge in [0.15, 0.2) is 5.78 Å². The molecular formula is C13H18N2O4. The number of ketones is 1. The standard InChI is InChI=1S/C13H18N2O4/c1-9(16)10-7-14-12(18)15(11(10)17)8-13(3-4-13)5-6-19-2/h7H,3-6,8H2,1-2H3,(H,14,18). The molecule has 0 atom stereocenters. The first kappa shape index (κ1) is 13.7. The van der Waals surface area contributed by atoms with Crippen LogP contribution in [-0.4, -0.2) is 29.1 Å². The van der Waals surface area contributed by atoms with Gasteiger partial charge in [-0.3, -0.25) is 14.2 Å². The number of Topliss-reactive ketones (excluding diaryl/α,β-unsaturated/α-hetero) is 1. The number of methoxy groups -OCH3 is 1. The predicted octanol–water partition coefficient (Wildman–Crippen LogP) is 0.556. The van der Waals surface area contributed by atoms with Gasteiger partial charge in [-0.15, -0.1) is 0 Å². The van der Waals surface area contributed by atoms with Crippen molar-refractivity contribution in [3.8, 4) is 0 Å². The predicted molar refractivity (Wildman–Crippen MR) is 69.5 cm³/mol. The fraction of sp³-hybridized carbons (Fsp3) is 0.615. The Morgan fingerprint density at radius 1 is 1.47 bits per heavy atom. The Bertz CT molecular complexity index is 595. The topological polar surface area (TPSA) is 81.2 Å². The molecule has 1 N–H and O–H groups in total. The van der Waals surface area contributed by atoms with E-state index in [0.717, 1.165) is 23.8 Å². The van der Waals surface area contributed by atoms with Crippen LogP contribution in [0.1, 0.15) is 36.5 Å². The van der Waals surface area contributed by atoms with Crippen molar-refractivity contribution in [2.45, 2.75) is 32.7 Å². The van der Waals surface area contributed by atoms with Gasteiger partial charge >= 0.3 is 5.69 Å². The molecule has 1 heterocycles. The van der Waals surface area contributed by atoms with Crippen LogP contribution in [0, 0.1) is 5.41 Å². The zero-order valence-electron chi connectivity index (χ0n) is 11.2. The molecular weight excluding hydrogens is 248 g/mol. The minimum Gasteiger partial charge on any atom is -0.385 e. The molecule has 1 aromatic rings. The van der Waals surface area contributed by atoms with Crippen molar-refractivity contribution in [1.82, 2.24) is 9.55 Å². The van der Waals surface area contributed by atoms with E-state index in [1.165, 1.54) is 13.1 Å². The van der Waals surface area contributed by atoms with Crippen molar-refractivity contribution in [1.29, 1.82) is 0 Å². The van der Waals surface area contributed by atoms with Crippen LogP contribution in [0.2, 0.25) is 0 Å². The van der Waals surface area contributed by atoms with E-state index < -0.39 is 11.2 Å². The highest BCUT2D eigenvalue weighted by molar-refractivity contribution is 5.93. The third-order valence-corrected chi connectivity index (χ3v) is 3.73. The molecule has 0 radical (unpaired) electrons. The maximum absolute atomic E-state index is 12.1. The molecule has 6 heteroatoms. The maximum Gasteiger partial charge on any atom is 0.328 e. The van der Waals surface area contributed by atoms with Crippen LogP contribution in [0.5, 0.6) is 0 Å². The Balaban J connectivity index is 2.30. The van der Waals surface area contributed by atoms with Gasteiger partial charge in [-0.25, -0.2) is 4.79 Å². The second kappa shape index (κ2) is 5.13. The fourth-order valence-corrected chi connectivity index (χ4v) is 2.22. The number of rotatable bonds is 6. The lowest BCUT2D eigenvalue weighted by Crippen LogP contribution is -2.40. The Morgan fingerprint density at radius 2 is 2.16 bits per heavy atom. The number of carbonyl (C=O) groups excluding carboxylic acids is 1. The van der Waals surface area contributed by atoms with Crippen LogP contribution in [0.3, 0.4) is 0 Å². The molecule has 1 aliphatic rings. The SMILES string of the molecule is COCCC1(Cn2c(=O)[nH]cc(C(C)=O)c2=O)CC1. The number of carbonyl (C=O) groups is 1. The molecule has 0 spiro atoms. The van der Waals surface area contributed by atoms with Crippen LogP contribution in [-0.2, 0) is 11.3 Å². The summed E-state index contributed by atoms with van der Waals surface area (Å²) in [7, 11) is 1.63. The lowest BCUT2D eigenvalue weighted by molar-refractivity contribution is 0.101. The minimum atomic E-state index is -0.500. The lowest BCUT2D eigenvalue weighted by atomic mass is 10.0.